The molecule has 0 unspecified atom stereocenters. The quantitative estimate of drug-likeness (QED) is 0.760. The highest BCUT2D eigenvalue weighted by molar-refractivity contribution is 5.78. The molecule has 0 saturated heterocycles. The molecule has 0 saturated carbocycles. The monoisotopic (exact) mass is 379 g/mol. The third-order valence-electron chi connectivity index (χ3n) is 5.29. The van der Waals surface area contributed by atoms with Gasteiger partial charge in [0.2, 0.25) is 5.91 Å². The van der Waals surface area contributed by atoms with Crippen LogP contribution >= 0.6 is 0 Å². The number of carbonyl (C=O) groups is 2. The van der Waals surface area contributed by atoms with Crippen LogP contribution in [0.5, 0.6) is 0 Å². The summed E-state index contributed by atoms with van der Waals surface area (Å²) in [5.74, 6) is -0.140. The fourth-order valence-electron chi connectivity index (χ4n) is 3.86. The van der Waals surface area contributed by atoms with Crippen LogP contribution in [0.3, 0.4) is 0 Å². The summed E-state index contributed by atoms with van der Waals surface area (Å²) in [5, 5.41) is 2.94. The smallest absolute Gasteiger partial charge is 0.313 e. The lowest BCUT2D eigenvalue weighted by atomic mass is 9.97. The SMILES string of the molecule is CC(=O)N[C@@H]1c2ccccc2C[C@@H]1OC(=O)[C@@H](C)c1ccc(CC(C)C)cc1. The Labute approximate surface area is 167 Å². The van der Waals surface area contributed by atoms with Gasteiger partial charge in [-0.2, -0.15) is 0 Å². The topological polar surface area (TPSA) is 55.4 Å². The van der Waals surface area contributed by atoms with Gasteiger partial charge in [-0.15, -0.1) is 0 Å². The Morgan fingerprint density at radius 2 is 1.75 bits per heavy atom. The van der Waals surface area contributed by atoms with Crippen molar-refractivity contribution in [2.45, 2.75) is 58.6 Å². The molecule has 1 aliphatic carbocycles. The number of ether oxygens (including phenoxy) is 1. The van der Waals surface area contributed by atoms with Crippen molar-refractivity contribution in [1.82, 2.24) is 5.32 Å². The predicted octanol–water partition coefficient (Wildman–Crippen LogP) is 4.33. The number of amides is 1. The largest absolute Gasteiger partial charge is 0.459 e. The Kier molecular flexibility index (Phi) is 6.18. The first kappa shape index (κ1) is 20.1. The molecule has 1 N–H and O–H groups in total. The fraction of sp³-hybridized carbons (Fsp3) is 0.417. The van der Waals surface area contributed by atoms with Crippen molar-refractivity contribution in [1.29, 1.82) is 0 Å². The molecule has 2 aromatic rings. The number of hydrogen-bond donors (Lipinski definition) is 1. The van der Waals surface area contributed by atoms with Gasteiger partial charge in [-0.05, 0) is 41.5 Å². The van der Waals surface area contributed by atoms with E-state index in [0.29, 0.717) is 12.3 Å². The number of esters is 1. The summed E-state index contributed by atoms with van der Waals surface area (Å²) in [5.41, 5.74) is 4.37. The molecule has 28 heavy (non-hydrogen) atoms. The minimum Gasteiger partial charge on any atom is -0.459 e. The van der Waals surface area contributed by atoms with Gasteiger partial charge in [0.15, 0.2) is 0 Å². The van der Waals surface area contributed by atoms with Gasteiger partial charge in [0.25, 0.3) is 0 Å². The number of benzene rings is 2. The van der Waals surface area contributed by atoms with Crippen LogP contribution in [-0.2, 0) is 27.2 Å². The standard InChI is InChI=1S/C24H29NO3/c1-15(2)13-18-9-11-19(12-10-18)16(3)24(27)28-22-14-20-7-5-6-8-21(20)23(22)25-17(4)26/h5-12,15-16,22-23H,13-14H2,1-4H3,(H,25,26)/t16-,22-,23+/m0/s1. The van der Waals surface area contributed by atoms with Crippen molar-refractivity contribution in [3.63, 3.8) is 0 Å². The molecule has 0 spiro atoms. The molecule has 0 fully saturated rings. The van der Waals surface area contributed by atoms with E-state index < -0.39 is 0 Å². The Bertz CT molecular complexity index is 841. The second-order valence-electron chi connectivity index (χ2n) is 8.12. The van der Waals surface area contributed by atoms with Gasteiger partial charge >= 0.3 is 5.97 Å². The molecular formula is C24H29NO3. The molecule has 3 rings (SSSR count). The van der Waals surface area contributed by atoms with Gasteiger partial charge < -0.3 is 10.1 Å². The molecule has 0 bridgehead atoms. The third kappa shape index (κ3) is 4.61. The zero-order valence-electron chi connectivity index (χ0n) is 17.1. The Balaban J connectivity index is 1.70. The van der Waals surface area contributed by atoms with E-state index in [2.05, 4.69) is 31.3 Å². The highest BCUT2D eigenvalue weighted by atomic mass is 16.5. The zero-order valence-corrected chi connectivity index (χ0v) is 17.1. The molecule has 0 aliphatic heterocycles. The predicted molar refractivity (Wildman–Crippen MR) is 110 cm³/mol. The number of fused-ring (bicyclic) bond motifs is 1. The van der Waals surface area contributed by atoms with Gasteiger partial charge in [-0.3, -0.25) is 9.59 Å². The zero-order chi connectivity index (χ0) is 20.3. The fourth-order valence-corrected chi connectivity index (χ4v) is 3.86. The van der Waals surface area contributed by atoms with Crippen molar-refractivity contribution in [2.75, 3.05) is 0 Å². The van der Waals surface area contributed by atoms with Crippen molar-refractivity contribution in [2.24, 2.45) is 5.92 Å². The first-order chi connectivity index (χ1) is 13.3. The summed E-state index contributed by atoms with van der Waals surface area (Å²) in [6.07, 6.45) is 1.27. The van der Waals surface area contributed by atoms with E-state index in [1.807, 2.05) is 43.3 Å². The highest BCUT2D eigenvalue weighted by Crippen LogP contribution is 2.34. The maximum Gasteiger partial charge on any atom is 0.313 e. The molecule has 1 amide bonds. The van der Waals surface area contributed by atoms with Crippen molar-refractivity contribution in [3.8, 4) is 0 Å². The molecule has 0 radical (unpaired) electrons. The maximum absolute atomic E-state index is 12.8. The van der Waals surface area contributed by atoms with Crippen LogP contribution in [0.4, 0.5) is 0 Å². The van der Waals surface area contributed by atoms with Gasteiger partial charge in [0, 0.05) is 13.3 Å². The number of rotatable bonds is 6. The van der Waals surface area contributed by atoms with Crippen LogP contribution in [-0.4, -0.2) is 18.0 Å². The average Bonchev–Trinajstić information content (AvgIpc) is 2.98. The van der Waals surface area contributed by atoms with Gasteiger partial charge in [0.05, 0.1) is 12.0 Å². The van der Waals surface area contributed by atoms with E-state index in [1.165, 1.54) is 12.5 Å². The normalized spacial score (nSPS) is 19.2. The summed E-state index contributed by atoms with van der Waals surface area (Å²) in [6.45, 7) is 7.74. The van der Waals surface area contributed by atoms with E-state index in [1.54, 1.807) is 0 Å². The van der Waals surface area contributed by atoms with Crippen LogP contribution in [0.2, 0.25) is 0 Å². The molecule has 0 aromatic heterocycles. The average molecular weight is 380 g/mol. The third-order valence-corrected chi connectivity index (χ3v) is 5.29. The Morgan fingerprint density at radius 1 is 1.07 bits per heavy atom. The molecule has 148 valence electrons. The lowest BCUT2D eigenvalue weighted by molar-refractivity contribution is -0.152. The number of carbonyl (C=O) groups excluding carboxylic acids is 2. The van der Waals surface area contributed by atoms with E-state index in [-0.39, 0.29) is 29.9 Å². The molecule has 3 atom stereocenters. The molecule has 4 nitrogen and oxygen atoms in total. The maximum atomic E-state index is 12.8. The van der Waals surface area contributed by atoms with E-state index in [4.69, 9.17) is 4.74 Å². The minimum atomic E-state index is -0.378. The first-order valence-corrected chi connectivity index (χ1v) is 9.99. The molecule has 0 heterocycles. The van der Waals surface area contributed by atoms with Crippen LogP contribution in [0.1, 0.15) is 61.9 Å². The van der Waals surface area contributed by atoms with E-state index in [9.17, 15) is 9.59 Å². The van der Waals surface area contributed by atoms with E-state index in [0.717, 1.165) is 23.1 Å². The lowest BCUT2D eigenvalue weighted by Gasteiger charge is -2.23. The number of nitrogens with one attached hydrogen (secondary N) is 1. The van der Waals surface area contributed by atoms with Gasteiger partial charge in [0.1, 0.15) is 6.10 Å². The summed E-state index contributed by atoms with van der Waals surface area (Å²) < 4.78 is 5.86. The Hall–Kier alpha value is -2.62. The van der Waals surface area contributed by atoms with Crippen molar-refractivity contribution >= 4 is 11.9 Å². The number of hydrogen-bond acceptors (Lipinski definition) is 3. The summed E-state index contributed by atoms with van der Waals surface area (Å²) >= 11 is 0. The molecular weight excluding hydrogens is 350 g/mol. The van der Waals surface area contributed by atoms with Crippen LogP contribution in [0.25, 0.3) is 0 Å². The van der Waals surface area contributed by atoms with Crippen molar-refractivity contribution < 1.29 is 14.3 Å². The molecule has 2 aromatic carbocycles. The van der Waals surface area contributed by atoms with Crippen LogP contribution in [0, 0.1) is 5.92 Å². The summed E-state index contributed by atoms with van der Waals surface area (Å²) in [4.78, 5) is 24.5. The first-order valence-electron chi connectivity index (χ1n) is 9.99. The Morgan fingerprint density at radius 3 is 2.39 bits per heavy atom. The summed E-state index contributed by atoms with van der Waals surface area (Å²) in [7, 11) is 0. The highest BCUT2D eigenvalue weighted by Gasteiger charge is 2.36. The summed E-state index contributed by atoms with van der Waals surface area (Å²) in [6, 6.07) is 15.8. The van der Waals surface area contributed by atoms with Crippen molar-refractivity contribution in [3.05, 3.63) is 70.8 Å². The molecule has 4 heteroatoms. The van der Waals surface area contributed by atoms with Gasteiger partial charge in [-0.1, -0.05) is 62.4 Å². The molecule has 1 aliphatic rings. The second kappa shape index (κ2) is 8.59. The van der Waals surface area contributed by atoms with Crippen LogP contribution in [0.15, 0.2) is 48.5 Å². The minimum absolute atomic E-state index is 0.128. The van der Waals surface area contributed by atoms with Crippen LogP contribution < -0.4 is 5.32 Å². The van der Waals surface area contributed by atoms with E-state index >= 15 is 0 Å². The lowest BCUT2D eigenvalue weighted by Crippen LogP contribution is -2.35. The van der Waals surface area contributed by atoms with Gasteiger partial charge in [-0.25, -0.2) is 0 Å². The second-order valence-corrected chi connectivity index (χ2v) is 8.12.